The number of para-hydroxylation sites is 1. The quantitative estimate of drug-likeness (QED) is 0.581. The van der Waals surface area contributed by atoms with Crippen LogP contribution in [0.3, 0.4) is 0 Å². The van der Waals surface area contributed by atoms with Crippen LogP contribution in [0.1, 0.15) is 10.4 Å². The molecule has 0 bridgehead atoms. The van der Waals surface area contributed by atoms with Gasteiger partial charge in [-0.25, -0.2) is 0 Å². The van der Waals surface area contributed by atoms with Crippen molar-refractivity contribution in [3.63, 3.8) is 0 Å². The minimum absolute atomic E-state index is 0.112. The van der Waals surface area contributed by atoms with Crippen LogP contribution in [0.4, 0.5) is 0 Å². The first kappa shape index (κ1) is 14.0. The lowest BCUT2D eigenvalue weighted by molar-refractivity contribution is -0.154. The van der Waals surface area contributed by atoms with Crippen molar-refractivity contribution in [1.82, 2.24) is 9.80 Å². The summed E-state index contributed by atoms with van der Waals surface area (Å²) in [5.74, 6) is -0.996. The van der Waals surface area contributed by atoms with E-state index in [-0.39, 0.29) is 12.3 Å². The molecule has 2 rings (SSSR count). The molecule has 0 aromatic heterocycles. The predicted molar refractivity (Wildman–Crippen MR) is 71.5 cm³/mol. The second-order valence-corrected chi connectivity index (χ2v) is 4.58. The summed E-state index contributed by atoms with van der Waals surface area (Å²) in [4.78, 5) is 38.2. The van der Waals surface area contributed by atoms with Gasteiger partial charge in [0.2, 0.25) is 0 Å². The van der Waals surface area contributed by atoms with Gasteiger partial charge in [0.15, 0.2) is 5.78 Å². The van der Waals surface area contributed by atoms with Crippen LogP contribution in [0, 0.1) is 0 Å². The average molecular weight is 276 g/mol. The summed E-state index contributed by atoms with van der Waals surface area (Å²) in [5, 5.41) is 0. The van der Waals surface area contributed by atoms with Crippen LogP contribution in [0.2, 0.25) is 0 Å². The molecule has 1 aromatic carbocycles. The van der Waals surface area contributed by atoms with E-state index in [1.54, 1.807) is 31.3 Å². The van der Waals surface area contributed by atoms with Gasteiger partial charge in [0.25, 0.3) is 0 Å². The number of hydrogen-bond acceptors (Lipinski definition) is 4. The van der Waals surface area contributed by atoms with Crippen molar-refractivity contribution in [1.29, 1.82) is 0 Å². The van der Waals surface area contributed by atoms with Crippen LogP contribution in [-0.2, 0) is 9.59 Å². The number of rotatable bonds is 4. The highest BCUT2D eigenvalue weighted by atomic mass is 16.5. The molecule has 0 atom stereocenters. The first-order valence-corrected chi connectivity index (χ1v) is 6.25. The normalized spacial score (nSPS) is 15.5. The van der Waals surface area contributed by atoms with Crippen molar-refractivity contribution in [3.8, 4) is 5.75 Å². The number of ether oxygens (including phenoxy) is 1. The summed E-state index contributed by atoms with van der Waals surface area (Å²) >= 11 is 0. The van der Waals surface area contributed by atoms with Crippen LogP contribution < -0.4 is 4.74 Å². The number of likely N-dealkylation sites (N-methyl/N-ethyl adjacent to an activating group) is 1. The number of nitrogens with zero attached hydrogens (tertiary/aromatic N) is 2. The number of methoxy groups -OCH3 is 1. The van der Waals surface area contributed by atoms with Crippen LogP contribution in [-0.4, -0.2) is 61.2 Å². The largest absolute Gasteiger partial charge is 0.496 e. The molecule has 2 amide bonds. The number of hydrogen-bond donors (Lipinski definition) is 0. The maximum Gasteiger partial charge on any atom is 0.312 e. The van der Waals surface area contributed by atoms with Crippen molar-refractivity contribution < 1.29 is 19.1 Å². The van der Waals surface area contributed by atoms with E-state index in [0.717, 1.165) is 0 Å². The van der Waals surface area contributed by atoms with Gasteiger partial charge in [-0.1, -0.05) is 12.1 Å². The Morgan fingerprint density at radius 2 is 1.90 bits per heavy atom. The predicted octanol–water partition coefficient (Wildman–Crippen LogP) is 0.178. The number of benzene rings is 1. The van der Waals surface area contributed by atoms with Crippen molar-refractivity contribution in [2.75, 3.05) is 33.8 Å². The molecule has 0 saturated carbocycles. The number of piperazine rings is 1. The molecule has 1 fully saturated rings. The zero-order valence-electron chi connectivity index (χ0n) is 11.5. The molecule has 6 nitrogen and oxygen atoms in total. The fraction of sp³-hybridized carbons (Fsp3) is 0.357. The standard InChI is InChI=1S/C14H16N2O4/c1-15-7-8-16(14(19)13(15)18)9-11(17)10-5-3-4-6-12(10)20-2/h3-6H,7-9H2,1-2H3. The molecular weight excluding hydrogens is 260 g/mol. The van der Waals surface area contributed by atoms with Gasteiger partial charge < -0.3 is 14.5 Å². The third-order valence-corrected chi connectivity index (χ3v) is 3.26. The topological polar surface area (TPSA) is 66.9 Å². The van der Waals surface area contributed by atoms with Gasteiger partial charge >= 0.3 is 11.8 Å². The Labute approximate surface area is 116 Å². The van der Waals surface area contributed by atoms with Crippen LogP contribution in [0.25, 0.3) is 0 Å². The van der Waals surface area contributed by atoms with Crippen molar-refractivity contribution in [3.05, 3.63) is 29.8 Å². The Balaban J connectivity index is 2.12. The molecule has 20 heavy (non-hydrogen) atoms. The summed E-state index contributed by atoms with van der Waals surface area (Å²) in [6.45, 7) is 0.685. The second-order valence-electron chi connectivity index (χ2n) is 4.58. The number of amides is 2. The molecule has 0 radical (unpaired) electrons. The molecule has 1 aliphatic rings. The monoisotopic (exact) mass is 276 g/mol. The van der Waals surface area contributed by atoms with Gasteiger partial charge in [0, 0.05) is 20.1 Å². The molecule has 6 heteroatoms. The summed E-state index contributed by atoms with van der Waals surface area (Å²) in [6, 6.07) is 6.82. The van der Waals surface area contributed by atoms with Crippen LogP contribution in [0.5, 0.6) is 5.75 Å². The maximum atomic E-state index is 12.2. The molecular formula is C14H16N2O4. The van der Waals surface area contributed by atoms with E-state index < -0.39 is 11.8 Å². The Bertz CT molecular complexity index is 556. The molecule has 106 valence electrons. The van der Waals surface area contributed by atoms with Crippen molar-refractivity contribution in [2.24, 2.45) is 0 Å². The summed E-state index contributed by atoms with van der Waals surface area (Å²) in [6.07, 6.45) is 0. The summed E-state index contributed by atoms with van der Waals surface area (Å²) in [5.41, 5.74) is 0.411. The van der Waals surface area contributed by atoms with Crippen molar-refractivity contribution in [2.45, 2.75) is 0 Å². The molecule has 1 aromatic rings. The lowest BCUT2D eigenvalue weighted by atomic mass is 10.1. The first-order chi connectivity index (χ1) is 9.54. The van der Waals surface area contributed by atoms with Crippen LogP contribution >= 0.6 is 0 Å². The zero-order valence-corrected chi connectivity index (χ0v) is 11.5. The molecule has 1 heterocycles. The Morgan fingerprint density at radius 1 is 1.20 bits per heavy atom. The number of Topliss-reactive ketones (excluding diaryl/α,β-unsaturated/α-hetero) is 1. The van der Waals surface area contributed by atoms with E-state index in [9.17, 15) is 14.4 Å². The smallest absolute Gasteiger partial charge is 0.312 e. The fourth-order valence-corrected chi connectivity index (χ4v) is 2.06. The average Bonchev–Trinajstić information content (AvgIpc) is 2.47. The Morgan fingerprint density at radius 3 is 2.60 bits per heavy atom. The van der Waals surface area contributed by atoms with Crippen molar-refractivity contribution >= 4 is 17.6 Å². The number of carbonyl (C=O) groups is 3. The van der Waals surface area contributed by atoms with Gasteiger partial charge in [-0.15, -0.1) is 0 Å². The van der Waals surface area contributed by atoms with E-state index >= 15 is 0 Å². The Kier molecular flexibility index (Phi) is 4.02. The highest BCUT2D eigenvalue weighted by Crippen LogP contribution is 2.18. The lowest BCUT2D eigenvalue weighted by Gasteiger charge is -2.31. The summed E-state index contributed by atoms with van der Waals surface area (Å²) < 4.78 is 5.12. The first-order valence-electron chi connectivity index (χ1n) is 6.25. The SMILES string of the molecule is COc1ccccc1C(=O)CN1CCN(C)C(=O)C1=O. The van der Waals surface area contributed by atoms with E-state index in [2.05, 4.69) is 0 Å². The van der Waals surface area contributed by atoms with E-state index in [4.69, 9.17) is 4.74 Å². The minimum atomic E-state index is -0.637. The van der Waals surface area contributed by atoms with Gasteiger partial charge in [0.05, 0.1) is 19.2 Å². The molecule has 0 unspecified atom stereocenters. The fourth-order valence-electron chi connectivity index (χ4n) is 2.06. The van der Waals surface area contributed by atoms with Gasteiger partial charge in [-0.2, -0.15) is 0 Å². The molecule has 0 spiro atoms. The maximum absolute atomic E-state index is 12.2. The third-order valence-electron chi connectivity index (χ3n) is 3.26. The number of ketones is 1. The lowest BCUT2D eigenvalue weighted by Crippen LogP contribution is -2.54. The highest BCUT2D eigenvalue weighted by Gasteiger charge is 2.31. The molecule has 1 saturated heterocycles. The highest BCUT2D eigenvalue weighted by molar-refractivity contribution is 6.35. The second kappa shape index (κ2) is 5.73. The third kappa shape index (κ3) is 2.64. The molecule has 0 N–H and O–H groups in total. The Hall–Kier alpha value is -2.37. The molecule has 1 aliphatic heterocycles. The van der Waals surface area contributed by atoms with Gasteiger partial charge in [0.1, 0.15) is 5.75 Å². The van der Waals surface area contributed by atoms with Crippen LogP contribution in [0.15, 0.2) is 24.3 Å². The zero-order chi connectivity index (χ0) is 14.7. The number of carbonyl (C=O) groups excluding carboxylic acids is 3. The van der Waals surface area contributed by atoms with Gasteiger partial charge in [-0.05, 0) is 12.1 Å². The minimum Gasteiger partial charge on any atom is -0.496 e. The van der Waals surface area contributed by atoms with E-state index in [0.29, 0.717) is 24.4 Å². The van der Waals surface area contributed by atoms with E-state index in [1.165, 1.54) is 16.9 Å². The van der Waals surface area contributed by atoms with Gasteiger partial charge in [-0.3, -0.25) is 14.4 Å². The summed E-state index contributed by atoms with van der Waals surface area (Å²) in [7, 11) is 3.05. The van der Waals surface area contributed by atoms with E-state index in [1.807, 2.05) is 0 Å². The molecule has 0 aliphatic carbocycles.